The normalized spacial score (nSPS) is 19.1. The van der Waals surface area contributed by atoms with Crippen LogP contribution >= 0.6 is 0 Å². The van der Waals surface area contributed by atoms with Crippen molar-refractivity contribution in [2.24, 2.45) is 5.73 Å². The molecule has 6 bridgehead atoms. The maximum Gasteiger partial charge on any atom is 0.317 e. The highest BCUT2D eigenvalue weighted by atomic mass is 16.5. The van der Waals surface area contributed by atoms with Gasteiger partial charge in [-0.1, -0.05) is 23.4 Å². The second-order valence-electron chi connectivity index (χ2n) is 12.7. The Kier molecular flexibility index (Phi) is 11.7. The lowest BCUT2D eigenvalue weighted by Gasteiger charge is -2.33. The van der Waals surface area contributed by atoms with Crippen LogP contribution in [-0.4, -0.2) is 139 Å². The Hall–Kier alpha value is -5.13. The van der Waals surface area contributed by atoms with Crippen molar-refractivity contribution in [1.29, 1.82) is 0 Å². The fourth-order valence-electron chi connectivity index (χ4n) is 6.54. The Bertz CT molecular complexity index is 1800. The predicted octanol–water partition coefficient (Wildman–Crippen LogP) is 0.849. The van der Waals surface area contributed by atoms with Crippen molar-refractivity contribution in [3.63, 3.8) is 0 Å². The van der Waals surface area contributed by atoms with Gasteiger partial charge in [-0.05, 0) is 47.5 Å². The van der Waals surface area contributed by atoms with Crippen molar-refractivity contribution in [2.45, 2.75) is 26.2 Å². The lowest BCUT2D eigenvalue weighted by molar-refractivity contribution is -0.139. The first-order valence-corrected chi connectivity index (χ1v) is 16.9. The van der Waals surface area contributed by atoms with Crippen molar-refractivity contribution < 1.29 is 29.3 Å². The number of hydrogen-bond acceptors (Lipinski definition) is 13. The Morgan fingerprint density at radius 3 is 1.90 bits per heavy atom. The molecular formula is C35H42N10O6. The number of benzene rings is 1. The van der Waals surface area contributed by atoms with Crippen LogP contribution in [0, 0.1) is 0 Å². The van der Waals surface area contributed by atoms with E-state index in [1.807, 2.05) is 52.3 Å². The van der Waals surface area contributed by atoms with Crippen molar-refractivity contribution in [2.75, 3.05) is 65.4 Å². The van der Waals surface area contributed by atoms with Gasteiger partial charge in [0.2, 0.25) is 0 Å². The van der Waals surface area contributed by atoms with Crippen LogP contribution < -0.4 is 10.5 Å². The van der Waals surface area contributed by atoms with Crippen LogP contribution in [0.2, 0.25) is 0 Å². The fraction of sp³-hybridized carbons (Fsp3) is 0.400. The van der Waals surface area contributed by atoms with E-state index in [2.05, 4.69) is 20.1 Å². The number of carbonyl (C=O) groups excluding carboxylic acids is 1. The third-order valence-electron chi connectivity index (χ3n) is 9.08. The fourth-order valence-corrected chi connectivity index (χ4v) is 6.54. The van der Waals surface area contributed by atoms with Gasteiger partial charge in [-0.3, -0.25) is 39.0 Å². The van der Waals surface area contributed by atoms with Crippen LogP contribution in [0.1, 0.15) is 22.8 Å². The summed E-state index contributed by atoms with van der Waals surface area (Å²) in [5.41, 5.74) is 12.1. The summed E-state index contributed by atoms with van der Waals surface area (Å²) in [6.07, 6.45) is 0. The highest BCUT2D eigenvalue weighted by Crippen LogP contribution is 2.27. The average molecular weight is 699 g/mol. The van der Waals surface area contributed by atoms with Crippen molar-refractivity contribution >= 4 is 18.4 Å². The number of carboxylic acid groups (broad SMARTS) is 2. The number of aliphatic carboxylic acids is 2. The third kappa shape index (κ3) is 9.56. The molecule has 0 radical (unpaired) electrons. The van der Waals surface area contributed by atoms with Crippen LogP contribution in [0.5, 0.6) is 5.75 Å². The molecule has 51 heavy (non-hydrogen) atoms. The molecule has 0 unspecified atom stereocenters. The summed E-state index contributed by atoms with van der Waals surface area (Å²) in [4.78, 5) is 53.1. The van der Waals surface area contributed by atoms with Gasteiger partial charge in [0.25, 0.3) is 6.47 Å². The summed E-state index contributed by atoms with van der Waals surface area (Å²) < 4.78 is 6.79. The van der Waals surface area contributed by atoms with Crippen molar-refractivity contribution in [3.8, 4) is 28.3 Å². The van der Waals surface area contributed by atoms with E-state index in [0.29, 0.717) is 94.8 Å². The molecule has 0 aliphatic carbocycles. The molecule has 16 heteroatoms. The molecule has 3 aromatic heterocycles. The van der Waals surface area contributed by atoms with Crippen LogP contribution in [0.4, 0.5) is 0 Å². The van der Waals surface area contributed by atoms with Crippen LogP contribution in [0.15, 0.2) is 54.6 Å². The lowest BCUT2D eigenvalue weighted by atomic mass is 10.0. The summed E-state index contributed by atoms with van der Waals surface area (Å²) in [6.45, 7) is 5.80. The second kappa shape index (κ2) is 16.7. The van der Waals surface area contributed by atoms with Gasteiger partial charge in [0.05, 0.1) is 42.4 Å². The first-order chi connectivity index (χ1) is 24.8. The van der Waals surface area contributed by atoms with Crippen LogP contribution in [0.3, 0.4) is 0 Å². The van der Waals surface area contributed by atoms with Gasteiger partial charge in [0.15, 0.2) is 0 Å². The summed E-state index contributed by atoms with van der Waals surface area (Å²) in [5, 5.41) is 28.4. The Labute approximate surface area is 295 Å². The molecular weight excluding hydrogens is 656 g/mol. The van der Waals surface area contributed by atoms with E-state index < -0.39 is 11.9 Å². The number of nitrogens with two attached hydrogens (primary N) is 1. The minimum Gasteiger partial charge on any atom is -0.480 e. The molecule has 1 aromatic carbocycles. The number of carbonyl (C=O) groups is 3. The molecule has 0 saturated carbocycles. The number of nitrogens with zero attached hydrogens (tertiary/aromatic N) is 9. The third-order valence-corrected chi connectivity index (χ3v) is 9.08. The minimum atomic E-state index is -0.895. The summed E-state index contributed by atoms with van der Waals surface area (Å²) in [5.74, 6) is -1.37. The molecule has 1 fully saturated rings. The monoisotopic (exact) mass is 698 g/mol. The molecule has 0 atom stereocenters. The highest BCUT2D eigenvalue weighted by Gasteiger charge is 2.22. The maximum atomic E-state index is 11.9. The van der Waals surface area contributed by atoms with Gasteiger partial charge < -0.3 is 20.7 Å². The van der Waals surface area contributed by atoms with Gasteiger partial charge in [-0.2, -0.15) is 0 Å². The number of carboxylic acids is 2. The molecule has 0 amide bonds. The van der Waals surface area contributed by atoms with E-state index in [0.717, 1.165) is 28.2 Å². The molecule has 268 valence electrons. The molecule has 3 aliphatic heterocycles. The topological polar surface area (TPSA) is 196 Å². The smallest absolute Gasteiger partial charge is 0.317 e. The number of rotatable bonds is 8. The molecule has 7 rings (SSSR count). The predicted molar refractivity (Wildman–Crippen MR) is 185 cm³/mol. The van der Waals surface area contributed by atoms with E-state index in [-0.39, 0.29) is 26.2 Å². The molecule has 6 heterocycles. The number of hydrogen-bond donors (Lipinski definition) is 3. The standard InChI is InChI=1S/C35H42N10O6/c36-18-32-35-31-3-1-2-27(38-31)19-41-8-12-43(22-33(47)48)14-10-42(11-15-44(13-9-41)23-34(49)50)20-28-16-26(17-29(37-28)21-45(35)40-39-32)25-4-6-30(7-5-25)51-24-46/h1-7,16-17,24H,8-15,18-23,36H2,(H,47,48)(H,49,50). The number of pyridine rings is 2. The van der Waals surface area contributed by atoms with Crippen molar-refractivity contribution in [1.82, 2.24) is 44.6 Å². The largest absolute Gasteiger partial charge is 0.480 e. The van der Waals surface area contributed by atoms with Gasteiger partial charge in [-0.25, -0.2) is 9.67 Å². The minimum absolute atomic E-state index is 0.0961. The summed E-state index contributed by atoms with van der Waals surface area (Å²) in [6, 6.07) is 17.0. The molecule has 16 nitrogen and oxygen atoms in total. The second-order valence-corrected chi connectivity index (χ2v) is 12.7. The summed E-state index contributed by atoms with van der Waals surface area (Å²) >= 11 is 0. The average Bonchev–Trinajstić information content (AvgIpc) is 3.51. The first kappa shape index (κ1) is 35.7. The van der Waals surface area contributed by atoms with Crippen LogP contribution in [0.25, 0.3) is 22.5 Å². The summed E-state index contributed by atoms with van der Waals surface area (Å²) in [7, 11) is 0. The van der Waals surface area contributed by atoms with E-state index in [1.165, 1.54) is 0 Å². The molecule has 3 aliphatic rings. The molecule has 0 spiro atoms. The number of fused-ring (bicyclic) bond motifs is 8. The SMILES string of the molecule is NCc1nnn2c1-c1cccc(n1)CN1CCN(CC(=O)O)CCN(CCN(CC(=O)O)CC1)Cc1cc(-c3ccc(OC=O)cc3)cc(n1)C2. The molecule has 1 saturated heterocycles. The molecule has 4 N–H and O–H groups in total. The number of aromatic nitrogens is 5. The molecule has 4 aromatic rings. The zero-order valence-corrected chi connectivity index (χ0v) is 28.3. The van der Waals surface area contributed by atoms with Gasteiger partial charge >= 0.3 is 11.9 Å². The zero-order chi connectivity index (χ0) is 35.7. The highest BCUT2D eigenvalue weighted by molar-refractivity contribution is 5.69. The van der Waals surface area contributed by atoms with Gasteiger partial charge in [0.1, 0.15) is 17.1 Å². The van der Waals surface area contributed by atoms with Crippen molar-refractivity contribution in [3.05, 3.63) is 77.4 Å². The Balaban J connectivity index is 1.48. The van der Waals surface area contributed by atoms with E-state index in [9.17, 15) is 24.6 Å². The van der Waals surface area contributed by atoms with E-state index in [4.69, 9.17) is 20.4 Å². The first-order valence-electron chi connectivity index (χ1n) is 16.9. The van der Waals surface area contributed by atoms with Crippen LogP contribution in [-0.2, 0) is 40.6 Å². The van der Waals surface area contributed by atoms with Gasteiger partial charge in [-0.15, -0.1) is 5.10 Å². The van der Waals surface area contributed by atoms with E-state index in [1.54, 1.807) is 16.8 Å². The number of ether oxygens (including phenoxy) is 1. The zero-order valence-electron chi connectivity index (χ0n) is 28.3. The Morgan fingerprint density at radius 1 is 0.745 bits per heavy atom. The Morgan fingerprint density at radius 2 is 1.33 bits per heavy atom. The maximum absolute atomic E-state index is 11.9. The lowest BCUT2D eigenvalue weighted by Crippen LogP contribution is -2.47. The van der Waals surface area contributed by atoms with E-state index >= 15 is 0 Å². The van der Waals surface area contributed by atoms with Gasteiger partial charge in [0, 0.05) is 72.0 Å². The quantitative estimate of drug-likeness (QED) is 0.219.